The molecule has 0 bridgehead atoms. The fourth-order valence-electron chi connectivity index (χ4n) is 3.13. The molecule has 150 valence electrons. The van der Waals surface area contributed by atoms with Crippen LogP contribution in [-0.4, -0.2) is 53.0 Å². The first-order valence-electron chi connectivity index (χ1n) is 9.31. The van der Waals surface area contributed by atoms with E-state index in [9.17, 15) is 9.59 Å². The van der Waals surface area contributed by atoms with Gasteiger partial charge in [-0.05, 0) is 29.8 Å². The number of hydrogen-bond acceptors (Lipinski definition) is 7. The number of aromatic nitrogens is 2. The first-order valence-corrected chi connectivity index (χ1v) is 10.1. The van der Waals surface area contributed by atoms with Crippen LogP contribution in [0, 0.1) is 0 Å². The molecule has 8 nitrogen and oxygen atoms in total. The van der Waals surface area contributed by atoms with Crippen molar-refractivity contribution in [1.29, 1.82) is 0 Å². The van der Waals surface area contributed by atoms with Crippen molar-refractivity contribution in [1.82, 2.24) is 14.9 Å². The number of nitrogens with one attached hydrogen (secondary N) is 2. The third-order valence-electron chi connectivity index (χ3n) is 4.51. The zero-order valence-electron chi connectivity index (χ0n) is 16.0. The maximum atomic E-state index is 12.6. The Hall–Kier alpha value is -2.88. The molecule has 1 saturated heterocycles. The predicted octanol–water partition coefficient (Wildman–Crippen LogP) is 2.73. The number of amides is 2. The largest absolute Gasteiger partial charge is 0.379 e. The second kappa shape index (κ2) is 8.64. The molecule has 0 unspecified atom stereocenters. The summed E-state index contributed by atoms with van der Waals surface area (Å²) in [6, 6.07) is 9.31. The molecule has 2 aromatic heterocycles. The average Bonchev–Trinajstić information content (AvgIpc) is 3.10. The average molecular weight is 411 g/mol. The molecule has 3 heterocycles. The highest BCUT2D eigenvalue weighted by Crippen LogP contribution is 2.28. The second-order valence-electron chi connectivity index (χ2n) is 6.77. The Morgan fingerprint density at radius 1 is 1.17 bits per heavy atom. The highest BCUT2D eigenvalue weighted by atomic mass is 32.1. The van der Waals surface area contributed by atoms with E-state index in [1.807, 2.05) is 6.07 Å². The van der Waals surface area contributed by atoms with Crippen molar-refractivity contribution < 1.29 is 14.3 Å². The standard InChI is InChI=1S/C20H21N5O3S/c1-13(26)22-18-11-15(4-5-21-18)19(27)24-20-23-16-3-2-14(10-17(16)29-20)12-25-6-8-28-9-7-25/h2-5,10-11H,6-9,12H2,1H3,(H,21,22,26)(H,23,24,27). The normalized spacial score (nSPS) is 14.7. The lowest BCUT2D eigenvalue weighted by molar-refractivity contribution is -0.114. The minimum atomic E-state index is -0.299. The van der Waals surface area contributed by atoms with Gasteiger partial charge in [-0.25, -0.2) is 9.97 Å². The van der Waals surface area contributed by atoms with Crippen molar-refractivity contribution in [2.45, 2.75) is 13.5 Å². The number of ether oxygens (including phenoxy) is 1. The smallest absolute Gasteiger partial charge is 0.257 e. The highest BCUT2D eigenvalue weighted by Gasteiger charge is 2.14. The van der Waals surface area contributed by atoms with E-state index in [-0.39, 0.29) is 11.8 Å². The molecule has 1 aromatic carbocycles. The van der Waals surface area contributed by atoms with Crippen molar-refractivity contribution in [2.24, 2.45) is 0 Å². The van der Waals surface area contributed by atoms with E-state index >= 15 is 0 Å². The summed E-state index contributed by atoms with van der Waals surface area (Å²) in [6.45, 7) is 5.70. The number of anilines is 2. The summed E-state index contributed by atoms with van der Waals surface area (Å²) >= 11 is 1.44. The summed E-state index contributed by atoms with van der Waals surface area (Å²) in [5, 5.41) is 5.93. The molecule has 4 rings (SSSR count). The van der Waals surface area contributed by atoms with Crippen LogP contribution in [0.4, 0.5) is 10.9 Å². The molecule has 0 aliphatic carbocycles. The molecule has 0 atom stereocenters. The maximum absolute atomic E-state index is 12.6. The topological polar surface area (TPSA) is 96.5 Å². The van der Waals surface area contributed by atoms with E-state index in [0.29, 0.717) is 16.5 Å². The van der Waals surface area contributed by atoms with Crippen molar-refractivity contribution in [2.75, 3.05) is 36.9 Å². The Morgan fingerprint density at radius 2 is 2.00 bits per heavy atom. The van der Waals surface area contributed by atoms with Gasteiger partial charge in [-0.1, -0.05) is 17.4 Å². The summed E-state index contributed by atoms with van der Waals surface area (Å²) in [7, 11) is 0. The Labute approximate surface area is 171 Å². The van der Waals surface area contributed by atoms with Gasteiger partial charge >= 0.3 is 0 Å². The Bertz CT molecular complexity index is 1050. The zero-order chi connectivity index (χ0) is 20.2. The van der Waals surface area contributed by atoms with E-state index in [2.05, 4.69) is 37.6 Å². The lowest BCUT2D eigenvalue weighted by Gasteiger charge is -2.26. The third-order valence-corrected chi connectivity index (χ3v) is 5.44. The number of nitrogens with zero attached hydrogens (tertiary/aromatic N) is 3. The monoisotopic (exact) mass is 411 g/mol. The molecule has 3 aromatic rings. The van der Waals surface area contributed by atoms with Gasteiger partial charge in [0.1, 0.15) is 5.82 Å². The maximum Gasteiger partial charge on any atom is 0.257 e. The minimum absolute atomic E-state index is 0.242. The number of carbonyl (C=O) groups is 2. The molecule has 29 heavy (non-hydrogen) atoms. The molecule has 0 spiro atoms. The van der Waals surface area contributed by atoms with E-state index in [0.717, 1.165) is 43.1 Å². The quantitative estimate of drug-likeness (QED) is 0.670. The van der Waals surface area contributed by atoms with Gasteiger partial charge in [0.2, 0.25) is 5.91 Å². The molecule has 0 radical (unpaired) electrons. The van der Waals surface area contributed by atoms with Gasteiger partial charge in [-0.15, -0.1) is 0 Å². The number of hydrogen-bond donors (Lipinski definition) is 2. The first-order chi connectivity index (χ1) is 14.1. The van der Waals surface area contributed by atoms with Crippen LogP contribution in [0.1, 0.15) is 22.8 Å². The number of fused-ring (bicyclic) bond motifs is 1. The van der Waals surface area contributed by atoms with Crippen molar-refractivity contribution >= 4 is 44.3 Å². The van der Waals surface area contributed by atoms with Crippen LogP contribution >= 0.6 is 11.3 Å². The lowest BCUT2D eigenvalue weighted by atomic mass is 10.2. The molecule has 2 N–H and O–H groups in total. The number of morpholine rings is 1. The number of carbonyl (C=O) groups excluding carboxylic acids is 2. The van der Waals surface area contributed by atoms with Gasteiger partial charge < -0.3 is 10.1 Å². The van der Waals surface area contributed by atoms with Gasteiger partial charge in [-0.2, -0.15) is 0 Å². The van der Waals surface area contributed by atoms with Crippen LogP contribution in [-0.2, 0) is 16.1 Å². The first kappa shape index (κ1) is 19.4. The summed E-state index contributed by atoms with van der Waals surface area (Å²) in [5.41, 5.74) is 2.47. The highest BCUT2D eigenvalue weighted by molar-refractivity contribution is 7.22. The van der Waals surface area contributed by atoms with Crippen LogP contribution in [0.15, 0.2) is 36.5 Å². The van der Waals surface area contributed by atoms with Crippen LogP contribution in [0.25, 0.3) is 10.2 Å². The molecule has 1 aliphatic rings. The molecular formula is C20H21N5O3S. The Kier molecular flexibility index (Phi) is 5.79. The fraction of sp³-hybridized carbons (Fsp3) is 0.300. The summed E-state index contributed by atoms with van der Waals surface area (Å²) in [6.07, 6.45) is 1.48. The van der Waals surface area contributed by atoms with Crippen LogP contribution < -0.4 is 10.6 Å². The van der Waals surface area contributed by atoms with Crippen LogP contribution in [0.3, 0.4) is 0 Å². The Balaban J connectivity index is 1.46. The molecule has 1 aliphatic heterocycles. The summed E-state index contributed by atoms with van der Waals surface area (Å²) in [5.74, 6) is -0.206. The number of rotatable bonds is 5. The summed E-state index contributed by atoms with van der Waals surface area (Å²) in [4.78, 5) is 34.6. The third kappa shape index (κ3) is 4.94. The van der Waals surface area contributed by atoms with Crippen molar-refractivity contribution in [3.63, 3.8) is 0 Å². The van der Waals surface area contributed by atoms with Crippen molar-refractivity contribution in [3.05, 3.63) is 47.7 Å². The minimum Gasteiger partial charge on any atom is -0.379 e. The number of benzene rings is 1. The van der Waals surface area contributed by atoms with E-state index in [1.165, 1.54) is 36.1 Å². The van der Waals surface area contributed by atoms with Gasteiger partial charge in [0.25, 0.3) is 5.91 Å². The van der Waals surface area contributed by atoms with E-state index in [1.54, 1.807) is 6.07 Å². The van der Waals surface area contributed by atoms with Gasteiger partial charge in [-0.3, -0.25) is 19.8 Å². The molecular weight excluding hydrogens is 390 g/mol. The molecule has 0 saturated carbocycles. The molecule has 2 amide bonds. The van der Waals surface area contributed by atoms with Gasteiger partial charge in [0.15, 0.2) is 5.13 Å². The van der Waals surface area contributed by atoms with Crippen LogP contribution in [0.2, 0.25) is 0 Å². The lowest BCUT2D eigenvalue weighted by Crippen LogP contribution is -2.35. The molecule has 1 fully saturated rings. The second-order valence-corrected chi connectivity index (χ2v) is 7.81. The SMILES string of the molecule is CC(=O)Nc1cc(C(=O)Nc2nc3ccc(CN4CCOCC4)cc3s2)ccn1. The van der Waals surface area contributed by atoms with Crippen molar-refractivity contribution in [3.8, 4) is 0 Å². The van der Waals surface area contributed by atoms with Gasteiger partial charge in [0.05, 0.1) is 23.4 Å². The Morgan fingerprint density at radius 3 is 2.79 bits per heavy atom. The zero-order valence-corrected chi connectivity index (χ0v) is 16.8. The van der Waals surface area contributed by atoms with Gasteiger partial charge in [0, 0.05) is 38.3 Å². The van der Waals surface area contributed by atoms with E-state index in [4.69, 9.17) is 4.74 Å². The number of pyridine rings is 1. The fourth-order valence-corrected chi connectivity index (χ4v) is 4.05. The summed E-state index contributed by atoms with van der Waals surface area (Å²) < 4.78 is 6.42. The van der Waals surface area contributed by atoms with Crippen LogP contribution in [0.5, 0.6) is 0 Å². The predicted molar refractivity (Wildman–Crippen MR) is 112 cm³/mol. The molecule has 9 heteroatoms. The van der Waals surface area contributed by atoms with E-state index < -0.39 is 0 Å². The number of thiazole rings is 1.